The standard InChI is InChI=1S/C75H65F3O4/c1-4-6-8-10-12-18-36-74(37-19-13-11-9-7-5-2)64-42-56-50-34-30-47(45-26-24-44(3)25-27-45)38-60(50)66(68-70(79)52-20-14-15-21-53(52)71(68)80)62(56)40-58(64)59-41-63-57(43-65(59)74)51-35-31-48(46-28-32-49(33-29-46)75(76,77)78)39-61(51)67(63)69-72(81)54-22-16-17-23-55(54)73(69)82/h14-17,20-35,38-43,66,68H,4-13,18-19,36-37H2,1-3H3/t66-/m1/s1. The molecule has 5 aliphatic carbocycles. The Hall–Kier alpha value is -8.03. The number of allylic oxidation sites excluding steroid dienone is 1. The van der Waals surface area contributed by atoms with E-state index in [9.17, 15) is 32.3 Å². The molecule has 0 bridgehead atoms. The summed E-state index contributed by atoms with van der Waals surface area (Å²) >= 11 is 0. The summed E-state index contributed by atoms with van der Waals surface area (Å²) in [5, 5.41) is 0. The number of halogens is 3. The molecule has 0 spiro atoms. The van der Waals surface area contributed by atoms with E-state index in [2.05, 4.69) is 87.5 Å². The van der Waals surface area contributed by atoms with Crippen molar-refractivity contribution in [2.24, 2.45) is 5.92 Å². The molecule has 410 valence electrons. The van der Waals surface area contributed by atoms with Gasteiger partial charge in [-0.2, -0.15) is 13.2 Å². The number of ketones is 4. The lowest BCUT2D eigenvalue weighted by Gasteiger charge is -2.34. The van der Waals surface area contributed by atoms with Gasteiger partial charge in [-0.3, -0.25) is 19.2 Å². The van der Waals surface area contributed by atoms with E-state index in [4.69, 9.17) is 0 Å². The van der Waals surface area contributed by atoms with Gasteiger partial charge in [0.05, 0.1) is 17.1 Å². The Labute approximate surface area is 478 Å². The third-order valence-electron chi connectivity index (χ3n) is 18.9. The summed E-state index contributed by atoms with van der Waals surface area (Å²) in [4.78, 5) is 59.6. The zero-order chi connectivity index (χ0) is 56.6. The number of benzene rings is 8. The van der Waals surface area contributed by atoms with Gasteiger partial charge < -0.3 is 0 Å². The Morgan fingerprint density at radius 1 is 0.378 bits per heavy atom. The highest BCUT2D eigenvalue weighted by molar-refractivity contribution is 6.44. The molecular formula is C75H65F3O4. The topological polar surface area (TPSA) is 68.3 Å². The zero-order valence-electron chi connectivity index (χ0n) is 46.8. The number of hydrogen-bond acceptors (Lipinski definition) is 4. The van der Waals surface area contributed by atoms with Crippen LogP contribution in [0.4, 0.5) is 13.2 Å². The maximum Gasteiger partial charge on any atom is 0.416 e. The minimum atomic E-state index is -4.50. The summed E-state index contributed by atoms with van der Waals surface area (Å²) in [5.41, 5.74) is 17.2. The predicted octanol–water partition coefficient (Wildman–Crippen LogP) is 19.8. The monoisotopic (exact) mass is 1090 g/mol. The number of fused-ring (bicyclic) bond motifs is 11. The van der Waals surface area contributed by atoms with E-state index in [0.29, 0.717) is 44.5 Å². The van der Waals surface area contributed by atoms with Crippen molar-refractivity contribution in [2.45, 2.75) is 128 Å². The molecule has 0 saturated carbocycles. The van der Waals surface area contributed by atoms with Crippen molar-refractivity contribution in [2.75, 3.05) is 0 Å². The Kier molecular flexibility index (Phi) is 13.7. The molecule has 0 aromatic heterocycles. The lowest BCUT2D eigenvalue weighted by Crippen LogP contribution is -2.26. The van der Waals surface area contributed by atoms with Crippen LogP contribution in [0.2, 0.25) is 0 Å². The van der Waals surface area contributed by atoms with Gasteiger partial charge in [0.2, 0.25) is 0 Å². The number of alkyl halides is 3. The number of carbonyl (C=O) groups is 4. The van der Waals surface area contributed by atoms with Gasteiger partial charge in [0, 0.05) is 39.2 Å². The molecular weight excluding hydrogens is 1020 g/mol. The van der Waals surface area contributed by atoms with Crippen molar-refractivity contribution >= 4 is 28.7 Å². The van der Waals surface area contributed by atoms with Crippen molar-refractivity contribution in [1.29, 1.82) is 0 Å². The van der Waals surface area contributed by atoms with Crippen LogP contribution < -0.4 is 0 Å². The van der Waals surface area contributed by atoms with Crippen LogP contribution >= 0.6 is 0 Å². The molecule has 0 amide bonds. The van der Waals surface area contributed by atoms with Crippen molar-refractivity contribution in [3.63, 3.8) is 0 Å². The average Bonchev–Trinajstić information content (AvgIpc) is 3.78. The van der Waals surface area contributed by atoms with E-state index >= 15 is 0 Å². The molecule has 0 fully saturated rings. The Morgan fingerprint density at radius 2 is 0.841 bits per heavy atom. The second kappa shape index (κ2) is 21.1. The Balaban J connectivity index is 1.05. The van der Waals surface area contributed by atoms with Crippen LogP contribution in [0.5, 0.6) is 0 Å². The summed E-state index contributed by atoms with van der Waals surface area (Å²) in [6.07, 6.45) is 10.9. The second-order valence-corrected chi connectivity index (χ2v) is 23.7. The Bertz CT molecular complexity index is 3900. The summed E-state index contributed by atoms with van der Waals surface area (Å²) in [7, 11) is 0. The molecule has 13 rings (SSSR count). The number of carbonyl (C=O) groups excluding carboxylic acids is 4. The molecule has 0 N–H and O–H groups in total. The van der Waals surface area contributed by atoms with Crippen LogP contribution in [0.1, 0.15) is 196 Å². The molecule has 0 unspecified atom stereocenters. The number of aryl methyl sites for hydroxylation is 1. The van der Waals surface area contributed by atoms with Crippen LogP contribution in [-0.4, -0.2) is 23.1 Å². The van der Waals surface area contributed by atoms with E-state index in [1.54, 1.807) is 36.4 Å². The Morgan fingerprint density at radius 3 is 1.41 bits per heavy atom. The van der Waals surface area contributed by atoms with E-state index in [-0.39, 0.29) is 28.7 Å². The number of Topliss-reactive ketones (excluding diaryl/α,β-unsaturated/α-hetero) is 4. The molecule has 8 aromatic carbocycles. The van der Waals surface area contributed by atoms with E-state index in [1.807, 2.05) is 30.3 Å². The summed E-state index contributed by atoms with van der Waals surface area (Å²) in [6, 6.07) is 49.5. The molecule has 8 aromatic rings. The SMILES string of the molecule is CCCCCCCCC1(CCCCCCCC)c2cc3c(cc2-c2cc4c(cc21)-c1ccc(-c2ccc(C)cc2)cc1[C@H]4C1C(=O)c2ccccc2C1=O)C(=C1C(=O)c2ccccc2C1=O)c1cc(-c2ccc(C(F)(F)F)cc2)ccc1-3. The van der Waals surface area contributed by atoms with Crippen LogP contribution in [-0.2, 0) is 11.6 Å². The highest BCUT2D eigenvalue weighted by atomic mass is 19.4. The number of hydrogen-bond donors (Lipinski definition) is 0. The molecule has 5 aliphatic rings. The van der Waals surface area contributed by atoms with Crippen LogP contribution in [0.15, 0.2) is 163 Å². The molecule has 0 aliphatic heterocycles. The zero-order valence-corrected chi connectivity index (χ0v) is 46.8. The maximum atomic E-state index is 14.9. The summed E-state index contributed by atoms with van der Waals surface area (Å²) in [6.45, 7) is 6.56. The minimum Gasteiger partial charge on any atom is -0.293 e. The quantitative estimate of drug-likeness (QED) is 0.0394. The average molecular weight is 1090 g/mol. The van der Waals surface area contributed by atoms with Gasteiger partial charge in [0.1, 0.15) is 0 Å². The smallest absolute Gasteiger partial charge is 0.293 e. The van der Waals surface area contributed by atoms with Crippen molar-refractivity contribution in [3.8, 4) is 55.6 Å². The third-order valence-corrected chi connectivity index (χ3v) is 18.9. The van der Waals surface area contributed by atoms with Gasteiger partial charge in [0.15, 0.2) is 23.1 Å². The van der Waals surface area contributed by atoms with Gasteiger partial charge in [-0.15, -0.1) is 0 Å². The highest BCUT2D eigenvalue weighted by Gasteiger charge is 2.51. The number of unbranched alkanes of at least 4 members (excludes halogenated alkanes) is 10. The molecule has 0 radical (unpaired) electrons. The lowest BCUT2D eigenvalue weighted by atomic mass is 9.69. The van der Waals surface area contributed by atoms with Crippen molar-refractivity contribution < 1.29 is 32.3 Å². The van der Waals surface area contributed by atoms with E-state index in [1.165, 1.54) is 48.9 Å². The van der Waals surface area contributed by atoms with Crippen LogP contribution in [0.25, 0.3) is 61.2 Å². The largest absolute Gasteiger partial charge is 0.416 e. The molecule has 82 heavy (non-hydrogen) atoms. The summed E-state index contributed by atoms with van der Waals surface area (Å²) in [5.74, 6) is -2.58. The fourth-order valence-electron chi connectivity index (χ4n) is 14.7. The van der Waals surface area contributed by atoms with Gasteiger partial charge >= 0.3 is 6.18 Å². The first-order valence-electron chi connectivity index (χ1n) is 29.8. The van der Waals surface area contributed by atoms with Gasteiger partial charge in [-0.25, -0.2) is 0 Å². The maximum absolute atomic E-state index is 14.9. The molecule has 0 saturated heterocycles. The fourth-order valence-corrected chi connectivity index (χ4v) is 14.7. The van der Waals surface area contributed by atoms with E-state index in [0.717, 1.165) is 143 Å². The lowest BCUT2D eigenvalue weighted by molar-refractivity contribution is -0.137. The number of rotatable bonds is 17. The van der Waals surface area contributed by atoms with Crippen molar-refractivity contribution in [1.82, 2.24) is 0 Å². The molecule has 0 heterocycles. The van der Waals surface area contributed by atoms with Gasteiger partial charge in [-0.1, -0.05) is 206 Å². The first kappa shape index (κ1) is 53.3. The molecule has 1 atom stereocenters. The van der Waals surface area contributed by atoms with Crippen molar-refractivity contribution in [3.05, 3.63) is 230 Å². The highest BCUT2D eigenvalue weighted by Crippen LogP contribution is 2.62. The third kappa shape index (κ3) is 8.71. The van der Waals surface area contributed by atoms with Crippen LogP contribution in [0.3, 0.4) is 0 Å². The molecule has 7 heteroatoms. The predicted molar refractivity (Wildman–Crippen MR) is 322 cm³/mol. The van der Waals surface area contributed by atoms with Gasteiger partial charge in [-0.05, 0) is 157 Å². The first-order valence-corrected chi connectivity index (χ1v) is 29.8. The van der Waals surface area contributed by atoms with E-state index < -0.39 is 29.0 Å². The summed E-state index contributed by atoms with van der Waals surface area (Å²) < 4.78 is 41.6. The normalized spacial score (nSPS) is 16.1. The van der Waals surface area contributed by atoms with Gasteiger partial charge in [0.25, 0.3) is 0 Å². The fraction of sp³-hybridized carbons (Fsp3) is 0.280. The second-order valence-electron chi connectivity index (χ2n) is 23.7. The van der Waals surface area contributed by atoms with Crippen LogP contribution in [0, 0.1) is 12.8 Å². The molecule has 4 nitrogen and oxygen atoms in total. The first-order chi connectivity index (χ1) is 39.8. The minimum absolute atomic E-state index is 0.0843.